The lowest BCUT2D eigenvalue weighted by molar-refractivity contribution is -0.139. The number of alkyl halides is 3. The van der Waals surface area contributed by atoms with Gasteiger partial charge in [0.2, 0.25) is 0 Å². The van der Waals surface area contributed by atoms with Gasteiger partial charge in [-0.1, -0.05) is 26.0 Å². The number of benzene rings is 1. The Morgan fingerprint density at radius 2 is 1.92 bits per heavy atom. The summed E-state index contributed by atoms with van der Waals surface area (Å²) in [5.74, 6) is -0.329. The summed E-state index contributed by atoms with van der Waals surface area (Å²) < 4.78 is 44.2. The van der Waals surface area contributed by atoms with E-state index in [1.807, 2.05) is 13.8 Å². The van der Waals surface area contributed by atoms with Gasteiger partial charge in [-0.25, -0.2) is 4.98 Å². The highest BCUT2D eigenvalue weighted by Gasteiger charge is 2.34. The topological polar surface area (TPSA) is 51.2 Å². The Labute approximate surface area is 154 Å². The molecule has 1 N–H and O–H groups in total. The molecule has 2 rings (SSSR count). The molecular formula is C18H21F3N2O2S. The number of nitrogens with zero attached hydrogens (tertiary/aromatic N) is 1. The summed E-state index contributed by atoms with van der Waals surface area (Å²) in [7, 11) is 0. The van der Waals surface area contributed by atoms with E-state index in [4.69, 9.17) is 4.74 Å². The zero-order chi connectivity index (χ0) is 19.5. The first-order valence-corrected chi connectivity index (χ1v) is 8.98. The van der Waals surface area contributed by atoms with Crippen molar-refractivity contribution in [2.45, 2.75) is 45.8 Å². The van der Waals surface area contributed by atoms with Crippen LogP contribution in [0, 0.1) is 6.92 Å². The summed E-state index contributed by atoms with van der Waals surface area (Å²) in [6.45, 7) is 7.35. The Kier molecular flexibility index (Phi) is 6.28. The molecule has 8 heteroatoms. The van der Waals surface area contributed by atoms with Gasteiger partial charge in [-0.3, -0.25) is 4.79 Å². The first-order chi connectivity index (χ1) is 12.1. The van der Waals surface area contributed by atoms with Crippen molar-refractivity contribution in [1.82, 2.24) is 10.3 Å². The van der Waals surface area contributed by atoms with Gasteiger partial charge < -0.3 is 10.1 Å². The van der Waals surface area contributed by atoms with E-state index in [0.717, 1.165) is 11.1 Å². The van der Waals surface area contributed by atoms with Gasteiger partial charge in [0.15, 0.2) is 0 Å². The maximum atomic E-state index is 13.0. The third-order valence-corrected chi connectivity index (χ3v) is 5.03. The Bertz CT molecular complexity index is 772. The van der Waals surface area contributed by atoms with Crippen molar-refractivity contribution in [1.29, 1.82) is 0 Å². The molecule has 1 unspecified atom stereocenters. The van der Waals surface area contributed by atoms with Crippen molar-refractivity contribution in [3.05, 3.63) is 45.4 Å². The second-order valence-corrected chi connectivity index (χ2v) is 7.33. The number of rotatable bonds is 6. The standard InChI is InChI=1S/C18H21F3N2O2S/c1-10(2)17-23-12(4)15(26-17)16(24)22-11(3)9-25-14-8-6-5-7-13(14)18(19,20)21/h5-8,10-11H,9H2,1-4H3,(H,22,24). The van der Waals surface area contributed by atoms with Gasteiger partial charge in [-0.2, -0.15) is 13.2 Å². The summed E-state index contributed by atoms with van der Waals surface area (Å²) in [6, 6.07) is 4.54. The van der Waals surface area contributed by atoms with E-state index in [9.17, 15) is 18.0 Å². The van der Waals surface area contributed by atoms with Crippen LogP contribution in [-0.2, 0) is 6.18 Å². The number of hydrogen-bond acceptors (Lipinski definition) is 4. The van der Waals surface area contributed by atoms with Crippen LogP contribution in [0.1, 0.15) is 52.6 Å². The average molecular weight is 386 g/mol. The van der Waals surface area contributed by atoms with Crippen LogP contribution in [0.5, 0.6) is 5.75 Å². The number of para-hydroxylation sites is 1. The van der Waals surface area contributed by atoms with E-state index in [-0.39, 0.29) is 24.2 Å². The fraction of sp³-hybridized carbons (Fsp3) is 0.444. The monoisotopic (exact) mass is 386 g/mol. The molecule has 0 aliphatic rings. The Morgan fingerprint density at radius 3 is 2.50 bits per heavy atom. The molecule has 1 aromatic heterocycles. The molecule has 0 radical (unpaired) electrons. The molecule has 0 aliphatic carbocycles. The zero-order valence-corrected chi connectivity index (χ0v) is 15.8. The van der Waals surface area contributed by atoms with E-state index >= 15 is 0 Å². The minimum atomic E-state index is -4.49. The van der Waals surface area contributed by atoms with Crippen LogP contribution in [0.2, 0.25) is 0 Å². The van der Waals surface area contributed by atoms with Gasteiger partial charge in [-0.15, -0.1) is 11.3 Å². The highest BCUT2D eigenvalue weighted by atomic mass is 32.1. The maximum absolute atomic E-state index is 13.0. The number of thiazole rings is 1. The van der Waals surface area contributed by atoms with Crippen molar-refractivity contribution in [3.8, 4) is 5.75 Å². The van der Waals surface area contributed by atoms with Crippen LogP contribution in [0.15, 0.2) is 24.3 Å². The normalized spacial score (nSPS) is 12.9. The summed E-state index contributed by atoms with van der Waals surface area (Å²) in [6.07, 6.45) is -4.49. The molecular weight excluding hydrogens is 365 g/mol. The minimum Gasteiger partial charge on any atom is -0.491 e. The molecule has 26 heavy (non-hydrogen) atoms. The first kappa shape index (κ1) is 20.2. The predicted octanol–water partition coefficient (Wildman–Crippen LogP) is 4.79. The molecule has 1 heterocycles. The molecule has 4 nitrogen and oxygen atoms in total. The molecule has 0 saturated heterocycles. The molecule has 0 aliphatic heterocycles. The van der Waals surface area contributed by atoms with Crippen LogP contribution in [0.25, 0.3) is 0 Å². The lowest BCUT2D eigenvalue weighted by Gasteiger charge is -2.17. The van der Waals surface area contributed by atoms with Crippen molar-refractivity contribution < 1.29 is 22.7 Å². The third-order valence-electron chi connectivity index (χ3n) is 3.57. The maximum Gasteiger partial charge on any atom is 0.419 e. The van der Waals surface area contributed by atoms with Gasteiger partial charge in [-0.05, 0) is 26.0 Å². The Balaban J connectivity index is 2.00. The molecule has 142 valence electrons. The van der Waals surface area contributed by atoms with E-state index in [2.05, 4.69) is 10.3 Å². The summed E-state index contributed by atoms with van der Waals surface area (Å²) in [5.41, 5.74) is -0.190. The Hall–Kier alpha value is -2.09. The molecule has 0 spiro atoms. The van der Waals surface area contributed by atoms with Crippen LogP contribution >= 0.6 is 11.3 Å². The fourth-order valence-corrected chi connectivity index (χ4v) is 3.22. The van der Waals surface area contributed by atoms with Crippen molar-refractivity contribution in [3.63, 3.8) is 0 Å². The molecule has 1 aromatic carbocycles. The second kappa shape index (κ2) is 8.07. The Morgan fingerprint density at radius 1 is 1.27 bits per heavy atom. The zero-order valence-electron chi connectivity index (χ0n) is 15.0. The second-order valence-electron chi connectivity index (χ2n) is 6.30. The smallest absolute Gasteiger partial charge is 0.419 e. The predicted molar refractivity (Wildman–Crippen MR) is 94.8 cm³/mol. The summed E-state index contributed by atoms with van der Waals surface area (Å²) in [4.78, 5) is 17.3. The van der Waals surface area contributed by atoms with E-state index in [1.165, 1.54) is 29.5 Å². The van der Waals surface area contributed by atoms with E-state index in [1.54, 1.807) is 13.8 Å². The average Bonchev–Trinajstić information content (AvgIpc) is 2.94. The minimum absolute atomic E-state index is 0.0757. The lowest BCUT2D eigenvalue weighted by Crippen LogP contribution is -2.36. The van der Waals surface area contributed by atoms with Gasteiger partial charge >= 0.3 is 6.18 Å². The van der Waals surface area contributed by atoms with Crippen molar-refractivity contribution in [2.24, 2.45) is 0 Å². The van der Waals surface area contributed by atoms with Gasteiger partial charge in [0.25, 0.3) is 5.91 Å². The number of carbonyl (C=O) groups excluding carboxylic acids is 1. The third kappa shape index (κ3) is 4.97. The van der Waals surface area contributed by atoms with Gasteiger partial charge in [0, 0.05) is 5.92 Å². The number of aromatic nitrogens is 1. The number of aryl methyl sites for hydroxylation is 1. The largest absolute Gasteiger partial charge is 0.491 e. The highest BCUT2D eigenvalue weighted by Crippen LogP contribution is 2.35. The summed E-state index contributed by atoms with van der Waals surface area (Å²) in [5, 5.41) is 3.61. The number of nitrogens with one attached hydrogen (secondary N) is 1. The number of amides is 1. The van der Waals surface area contributed by atoms with Crippen LogP contribution in [0.3, 0.4) is 0 Å². The van der Waals surface area contributed by atoms with Crippen molar-refractivity contribution in [2.75, 3.05) is 6.61 Å². The van der Waals surface area contributed by atoms with Crippen LogP contribution in [0.4, 0.5) is 13.2 Å². The number of halogens is 3. The van der Waals surface area contributed by atoms with E-state index in [0.29, 0.717) is 10.6 Å². The molecule has 2 aromatic rings. The first-order valence-electron chi connectivity index (χ1n) is 8.16. The quantitative estimate of drug-likeness (QED) is 0.777. The number of ether oxygens (including phenoxy) is 1. The van der Waals surface area contributed by atoms with Crippen molar-refractivity contribution >= 4 is 17.2 Å². The highest BCUT2D eigenvalue weighted by molar-refractivity contribution is 7.13. The van der Waals surface area contributed by atoms with E-state index < -0.39 is 17.8 Å². The number of carbonyl (C=O) groups is 1. The molecule has 0 bridgehead atoms. The van der Waals surface area contributed by atoms with Gasteiger partial charge in [0.05, 0.1) is 22.3 Å². The lowest BCUT2D eigenvalue weighted by atomic mass is 10.2. The van der Waals surface area contributed by atoms with Crippen LogP contribution in [-0.4, -0.2) is 23.5 Å². The summed E-state index contributed by atoms with van der Waals surface area (Å²) >= 11 is 1.33. The molecule has 1 amide bonds. The molecule has 1 atom stereocenters. The number of hydrogen-bond donors (Lipinski definition) is 1. The van der Waals surface area contributed by atoms with Gasteiger partial charge in [0.1, 0.15) is 17.2 Å². The fourth-order valence-electron chi connectivity index (χ4n) is 2.25. The van der Waals surface area contributed by atoms with Crippen LogP contribution < -0.4 is 10.1 Å². The molecule has 0 fully saturated rings. The SMILES string of the molecule is Cc1nc(C(C)C)sc1C(=O)NC(C)COc1ccccc1C(F)(F)F. The molecule has 0 saturated carbocycles.